The van der Waals surface area contributed by atoms with E-state index < -0.39 is 11.6 Å². The van der Waals surface area contributed by atoms with E-state index >= 15 is 0 Å². The molecule has 0 aromatic heterocycles. The second kappa shape index (κ2) is 6.89. The summed E-state index contributed by atoms with van der Waals surface area (Å²) in [7, 11) is 0. The van der Waals surface area contributed by atoms with Gasteiger partial charge in [0.1, 0.15) is 0 Å². The number of hydrogen-bond donors (Lipinski definition) is 0. The number of hydrogen-bond acceptors (Lipinski definition) is 4. The Kier molecular flexibility index (Phi) is 4.56. The zero-order chi connectivity index (χ0) is 19.0. The van der Waals surface area contributed by atoms with Crippen LogP contribution in [-0.4, -0.2) is 48.6 Å². The topological polar surface area (TPSA) is 49.9 Å². The largest absolute Gasteiger partial charge is 0.445 e. The molecule has 0 spiro atoms. The molecule has 0 aliphatic carbocycles. The SMILES string of the molecule is C[C@]1(C(=O)N2CCN(c3cccc(Cl)c3)CC2)Cc2ccccc2C(=O)O1. The molecule has 27 heavy (non-hydrogen) atoms. The van der Waals surface area contributed by atoms with Gasteiger partial charge in [0.05, 0.1) is 5.56 Å². The fourth-order valence-corrected chi connectivity index (χ4v) is 4.01. The summed E-state index contributed by atoms with van der Waals surface area (Å²) in [5.74, 6) is -0.554. The van der Waals surface area contributed by atoms with Gasteiger partial charge in [-0.15, -0.1) is 0 Å². The van der Waals surface area contributed by atoms with E-state index in [9.17, 15) is 9.59 Å². The molecule has 5 nitrogen and oxygen atoms in total. The summed E-state index contributed by atoms with van der Waals surface area (Å²) in [6.07, 6.45) is 0.405. The Morgan fingerprint density at radius 1 is 1.07 bits per heavy atom. The van der Waals surface area contributed by atoms with Crippen LogP contribution >= 0.6 is 11.6 Å². The number of benzene rings is 2. The van der Waals surface area contributed by atoms with Crippen LogP contribution in [0.15, 0.2) is 48.5 Å². The predicted octanol–water partition coefficient (Wildman–Crippen LogP) is 3.16. The van der Waals surface area contributed by atoms with Crippen molar-refractivity contribution in [3.8, 4) is 0 Å². The molecule has 6 heteroatoms. The van der Waals surface area contributed by atoms with Crippen molar-refractivity contribution in [2.24, 2.45) is 0 Å². The van der Waals surface area contributed by atoms with Crippen LogP contribution in [0.1, 0.15) is 22.8 Å². The minimum Gasteiger partial charge on any atom is -0.445 e. The van der Waals surface area contributed by atoms with Gasteiger partial charge in [-0.2, -0.15) is 0 Å². The molecule has 1 fully saturated rings. The zero-order valence-electron chi connectivity index (χ0n) is 15.2. The van der Waals surface area contributed by atoms with Gasteiger partial charge in [-0.1, -0.05) is 35.9 Å². The first-order valence-electron chi connectivity index (χ1n) is 9.07. The first kappa shape index (κ1) is 17.9. The molecule has 1 saturated heterocycles. The van der Waals surface area contributed by atoms with Crippen molar-refractivity contribution in [1.82, 2.24) is 4.90 Å². The van der Waals surface area contributed by atoms with E-state index in [1.807, 2.05) is 36.4 Å². The number of halogens is 1. The highest BCUT2D eigenvalue weighted by Crippen LogP contribution is 2.30. The molecule has 2 aliphatic rings. The third-order valence-electron chi connectivity index (χ3n) is 5.28. The lowest BCUT2D eigenvalue weighted by molar-refractivity contribution is -0.151. The summed E-state index contributed by atoms with van der Waals surface area (Å²) < 4.78 is 5.58. The molecule has 0 bridgehead atoms. The fourth-order valence-electron chi connectivity index (χ4n) is 3.83. The first-order valence-corrected chi connectivity index (χ1v) is 9.45. The van der Waals surface area contributed by atoms with Crippen molar-refractivity contribution in [1.29, 1.82) is 0 Å². The third kappa shape index (κ3) is 3.39. The first-order chi connectivity index (χ1) is 13.0. The highest BCUT2D eigenvalue weighted by Gasteiger charge is 2.45. The Morgan fingerprint density at radius 3 is 2.56 bits per heavy atom. The minimum atomic E-state index is -1.15. The number of carbonyl (C=O) groups is 2. The summed E-state index contributed by atoms with van der Waals surface area (Å²) in [6.45, 7) is 4.31. The van der Waals surface area contributed by atoms with Crippen molar-refractivity contribution in [3.63, 3.8) is 0 Å². The van der Waals surface area contributed by atoms with E-state index in [0.29, 0.717) is 43.2 Å². The number of amides is 1. The van der Waals surface area contributed by atoms with E-state index in [2.05, 4.69) is 4.90 Å². The monoisotopic (exact) mass is 384 g/mol. The number of fused-ring (bicyclic) bond motifs is 1. The number of carbonyl (C=O) groups excluding carboxylic acids is 2. The molecule has 140 valence electrons. The van der Waals surface area contributed by atoms with Crippen molar-refractivity contribution in [2.45, 2.75) is 18.9 Å². The lowest BCUT2D eigenvalue weighted by Crippen LogP contribution is -2.58. The predicted molar refractivity (Wildman–Crippen MR) is 104 cm³/mol. The summed E-state index contributed by atoms with van der Waals surface area (Å²) in [5, 5.41) is 0.700. The smallest absolute Gasteiger partial charge is 0.339 e. The van der Waals surface area contributed by atoms with Crippen molar-refractivity contribution in [2.75, 3.05) is 31.1 Å². The number of esters is 1. The summed E-state index contributed by atoms with van der Waals surface area (Å²) >= 11 is 6.08. The highest BCUT2D eigenvalue weighted by atomic mass is 35.5. The van der Waals surface area contributed by atoms with E-state index in [1.54, 1.807) is 24.0 Å². The van der Waals surface area contributed by atoms with Gasteiger partial charge in [0.2, 0.25) is 0 Å². The summed E-state index contributed by atoms with van der Waals surface area (Å²) in [5.41, 5.74) is 1.32. The quantitative estimate of drug-likeness (QED) is 0.746. The molecule has 2 aliphatic heterocycles. The van der Waals surface area contributed by atoms with Crippen molar-refractivity contribution >= 4 is 29.2 Å². The maximum atomic E-state index is 13.1. The number of nitrogens with zero attached hydrogens (tertiary/aromatic N) is 2. The maximum Gasteiger partial charge on any atom is 0.339 e. The Balaban J connectivity index is 1.46. The lowest BCUT2D eigenvalue weighted by atomic mass is 9.88. The Labute approximate surface area is 163 Å². The molecule has 0 N–H and O–H groups in total. The number of rotatable bonds is 2. The molecular formula is C21H21ClN2O3. The van der Waals surface area contributed by atoms with Crippen LogP contribution in [0.2, 0.25) is 5.02 Å². The standard InChI is InChI=1S/C21H21ClN2O3/c1-21(14-15-5-2-3-8-18(15)19(25)27-21)20(26)24-11-9-23(10-12-24)17-7-4-6-16(22)13-17/h2-8,13H,9-12,14H2,1H3/t21-/m1/s1. The van der Waals surface area contributed by atoms with Crippen LogP contribution in [0.25, 0.3) is 0 Å². The Bertz CT molecular complexity index is 893. The van der Waals surface area contributed by atoms with Gasteiger partial charge in [-0.05, 0) is 36.8 Å². The van der Waals surface area contributed by atoms with Crippen LogP contribution in [0, 0.1) is 0 Å². The highest BCUT2D eigenvalue weighted by molar-refractivity contribution is 6.30. The molecule has 4 rings (SSSR count). The van der Waals surface area contributed by atoms with Crippen LogP contribution in [0.5, 0.6) is 0 Å². The molecule has 1 atom stereocenters. The van der Waals surface area contributed by atoms with Crippen molar-refractivity contribution in [3.05, 3.63) is 64.7 Å². The molecule has 2 aromatic carbocycles. The maximum absolute atomic E-state index is 13.1. The Hall–Kier alpha value is -2.53. The third-order valence-corrected chi connectivity index (χ3v) is 5.51. The minimum absolute atomic E-state index is 0.129. The number of anilines is 1. The van der Waals surface area contributed by atoms with Crippen molar-refractivity contribution < 1.29 is 14.3 Å². The summed E-state index contributed by atoms with van der Waals surface area (Å²) in [4.78, 5) is 29.5. The second-order valence-corrected chi connectivity index (χ2v) is 7.65. The molecule has 0 radical (unpaired) electrons. The zero-order valence-corrected chi connectivity index (χ0v) is 15.9. The van der Waals surface area contributed by atoms with E-state index in [-0.39, 0.29) is 5.91 Å². The number of ether oxygens (including phenoxy) is 1. The van der Waals surface area contributed by atoms with Crippen LogP contribution in [-0.2, 0) is 16.0 Å². The van der Waals surface area contributed by atoms with E-state index in [0.717, 1.165) is 11.3 Å². The second-order valence-electron chi connectivity index (χ2n) is 7.21. The summed E-state index contributed by atoms with van der Waals surface area (Å²) in [6, 6.07) is 15.0. The molecule has 1 amide bonds. The molecule has 2 heterocycles. The lowest BCUT2D eigenvalue weighted by Gasteiger charge is -2.41. The fraction of sp³-hybridized carbons (Fsp3) is 0.333. The van der Waals surface area contributed by atoms with Gasteiger partial charge in [-0.3, -0.25) is 4.79 Å². The van der Waals surface area contributed by atoms with Gasteiger partial charge in [0, 0.05) is 43.3 Å². The molecule has 2 aromatic rings. The molecule has 0 saturated carbocycles. The van der Waals surface area contributed by atoms with Gasteiger partial charge in [0.15, 0.2) is 5.60 Å². The van der Waals surface area contributed by atoms with E-state index in [1.165, 1.54) is 0 Å². The average molecular weight is 385 g/mol. The van der Waals surface area contributed by atoms with Crippen LogP contribution in [0.4, 0.5) is 5.69 Å². The number of piperazine rings is 1. The average Bonchev–Trinajstić information content (AvgIpc) is 2.67. The van der Waals surface area contributed by atoms with Crippen LogP contribution in [0.3, 0.4) is 0 Å². The van der Waals surface area contributed by atoms with Gasteiger partial charge in [-0.25, -0.2) is 4.79 Å². The van der Waals surface area contributed by atoms with Gasteiger partial charge < -0.3 is 14.5 Å². The Morgan fingerprint density at radius 2 is 1.81 bits per heavy atom. The number of cyclic esters (lactones) is 1. The van der Waals surface area contributed by atoms with Crippen LogP contribution < -0.4 is 4.90 Å². The normalized spacial score (nSPS) is 22.2. The molecule has 0 unspecified atom stereocenters. The van der Waals surface area contributed by atoms with E-state index in [4.69, 9.17) is 16.3 Å². The van der Waals surface area contributed by atoms with Gasteiger partial charge in [0.25, 0.3) is 5.91 Å². The molecular weight excluding hydrogens is 364 g/mol. The van der Waals surface area contributed by atoms with Gasteiger partial charge >= 0.3 is 5.97 Å².